The van der Waals surface area contributed by atoms with E-state index in [2.05, 4.69) is 32.6 Å². The van der Waals surface area contributed by atoms with Crippen LogP contribution in [0, 0.1) is 9.52 Å². The number of imidazole rings is 1. The molecule has 0 N–H and O–H groups in total. The second-order valence-corrected chi connectivity index (χ2v) is 4.67. The average Bonchev–Trinajstić information content (AvgIpc) is 2.71. The summed E-state index contributed by atoms with van der Waals surface area (Å²) in [5.74, 6) is -0.269. The maximum Gasteiger partial charge on any atom is 0.156 e. The minimum Gasteiger partial charge on any atom is -0.291 e. The van der Waals surface area contributed by atoms with Gasteiger partial charge in [0.05, 0.1) is 18.1 Å². The van der Waals surface area contributed by atoms with Gasteiger partial charge in [-0.05, 0) is 34.7 Å². The van der Waals surface area contributed by atoms with E-state index in [0.717, 1.165) is 9.35 Å². The van der Waals surface area contributed by atoms with Crippen LogP contribution in [0.3, 0.4) is 0 Å². The van der Waals surface area contributed by atoms with Crippen LogP contribution < -0.4 is 0 Å². The lowest BCUT2D eigenvalue weighted by Crippen LogP contribution is -1.93. The number of hydrogen-bond acceptors (Lipinski definition) is 2. The van der Waals surface area contributed by atoms with Gasteiger partial charge >= 0.3 is 0 Å². The molecule has 0 saturated heterocycles. The first-order chi connectivity index (χ1) is 8.25. The summed E-state index contributed by atoms with van der Waals surface area (Å²) in [5.41, 5.74) is 1.86. The Balaban J connectivity index is 2.24. The van der Waals surface area contributed by atoms with E-state index in [-0.39, 0.29) is 5.82 Å². The fourth-order valence-corrected chi connectivity index (χ4v) is 2.19. The van der Waals surface area contributed by atoms with Gasteiger partial charge in [-0.15, -0.1) is 0 Å². The van der Waals surface area contributed by atoms with Gasteiger partial charge in [-0.25, -0.2) is 9.37 Å². The molecule has 17 heavy (non-hydrogen) atoms. The number of hydrogen-bond donors (Lipinski definition) is 0. The largest absolute Gasteiger partial charge is 0.291 e. The highest BCUT2D eigenvalue weighted by Crippen LogP contribution is 2.21. The van der Waals surface area contributed by atoms with E-state index >= 15 is 0 Å². The summed E-state index contributed by atoms with van der Waals surface area (Å²) in [4.78, 5) is 8.40. The second-order valence-electron chi connectivity index (χ2n) is 3.56. The van der Waals surface area contributed by atoms with Gasteiger partial charge in [0, 0.05) is 11.8 Å². The first-order valence-corrected chi connectivity index (χ1v) is 6.07. The molecule has 3 nitrogen and oxygen atoms in total. The van der Waals surface area contributed by atoms with Crippen LogP contribution in [-0.4, -0.2) is 14.4 Å². The molecule has 0 aliphatic rings. The van der Waals surface area contributed by atoms with Gasteiger partial charge in [0.1, 0.15) is 9.52 Å². The zero-order chi connectivity index (χ0) is 11.8. The standard InChI is InChI=1S/C12H7FIN3/c13-9-4-2-1-3-8(9)10-7-17-11(14)5-16-12(17)6-15-10/h1-7H. The SMILES string of the molecule is Fc1ccccc1-c1cn2c(I)cnc2cn1. The second kappa shape index (κ2) is 4.06. The number of aromatic nitrogens is 3. The lowest BCUT2D eigenvalue weighted by atomic mass is 10.1. The molecule has 5 heteroatoms. The van der Waals surface area contributed by atoms with Crippen LogP contribution >= 0.6 is 22.6 Å². The number of nitrogens with zero attached hydrogens (tertiary/aromatic N) is 3. The highest BCUT2D eigenvalue weighted by molar-refractivity contribution is 14.1. The van der Waals surface area contributed by atoms with E-state index < -0.39 is 0 Å². The lowest BCUT2D eigenvalue weighted by molar-refractivity contribution is 0.630. The molecule has 3 aromatic rings. The van der Waals surface area contributed by atoms with E-state index in [1.807, 2.05) is 4.40 Å². The van der Waals surface area contributed by atoms with Crippen LogP contribution in [0.1, 0.15) is 0 Å². The topological polar surface area (TPSA) is 30.2 Å². The molecule has 0 aliphatic heterocycles. The van der Waals surface area contributed by atoms with Gasteiger partial charge in [0.25, 0.3) is 0 Å². The van der Waals surface area contributed by atoms with Crippen molar-refractivity contribution in [2.75, 3.05) is 0 Å². The molecule has 0 amide bonds. The molecule has 0 spiro atoms. The van der Waals surface area contributed by atoms with E-state index in [9.17, 15) is 4.39 Å². The summed E-state index contributed by atoms with van der Waals surface area (Å²) in [7, 11) is 0. The Labute approximate surface area is 110 Å². The summed E-state index contributed by atoms with van der Waals surface area (Å²) in [6, 6.07) is 6.61. The van der Waals surface area contributed by atoms with Gasteiger partial charge < -0.3 is 0 Å². The van der Waals surface area contributed by atoms with Gasteiger partial charge in [-0.1, -0.05) is 12.1 Å². The predicted molar refractivity (Wildman–Crippen MR) is 71.1 cm³/mol. The van der Waals surface area contributed by atoms with Crippen molar-refractivity contribution in [3.63, 3.8) is 0 Å². The average molecular weight is 339 g/mol. The Bertz CT molecular complexity index is 693. The monoisotopic (exact) mass is 339 g/mol. The third-order valence-electron chi connectivity index (χ3n) is 2.50. The molecular formula is C12H7FIN3. The lowest BCUT2D eigenvalue weighted by Gasteiger charge is -2.03. The summed E-state index contributed by atoms with van der Waals surface area (Å²) in [6.07, 6.45) is 5.19. The van der Waals surface area contributed by atoms with Crippen molar-refractivity contribution >= 4 is 28.2 Å². The number of rotatable bonds is 1. The first kappa shape index (κ1) is 10.6. The van der Waals surface area contributed by atoms with E-state index in [1.54, 1.807) is 36.8 Å². The number of benzene rings is 1. The van der Waals surface area contributed by atoms with Crippen LogP contribution in [0.15, 0.2) is 42.9 Å². The fourth-order valence-electron chi connectivity index (χ4n) is 1.67. The van der Waals surface area contributed by atoms with Crippen LogP contribution in [0.2, 0.25) is 0 Å². The summed E-state index contributed by atoms with van der Waals surface area (Å²) < 4.78 is 16.5. The smallest absolute Gasteiger partial charge is 0.156 e. The first-order valence-electron chi connectivity index (χ1n) is 4.99. The minimum atomic E-state index is -0.269. The van der Waals surface area contributed by atoms with Crippen LogP contribution in [0.25, 0.3) is 16.9 Å². The van der Waals surface area contributed by atoms with Crippen molar-refractivity contribution < 1.29 is 4.39 Å². The van der Waals surface area contributed by atoms with E-state index in [4.69, 9.17) is 0 Å². The molecule has 2 aromatic heterocycles. The van der Waals surface area contributed by atoms with Gasteiger partial charge in [0.2, 0.25) is 0 Å². The summed E-state index contributed by atoms with van der Waals surface area (Å²) in [5, 5.41) is 0. The molecule has 0 fully saturated rings. The molecule has 0 aliphatic carbocycles. The van der Waals surface area contributed by atoms with Crippen molar-refractivity contribution in [1.29, 1.82) is 0 Å². The van der Waals surface area contributed by atoms with Crippen molar-refractivity contribution in [1.82, 2.24) is 14.4 Å². The molecule has 0 bridgehead atoms. The molecule has 0 saturated carbocycles. The summed E-state index contributed by atoms with van der Waals surface area (Å²) in [6.45, 7) is 0. The minimum absolute atomic E-state index is 0.269. The van der Waals surface area contributed by atoms with Crippen LogP contribution in [0.5, 0.6) is 0 Å². The molecule has 1 aromatic carbocycles. The zero-order valence-electron chi connectivity index (χ0n) is 8.64. The van der Waals surface area contributed by atoms with Gasteiger partial charge in [0.15, 0.2) is 5.65 Å². The third kappa shape index (κ3) is 1.80. The Morgan fingerprint density at radius 3 is 2.76 bits per heavy atom. The molecule has 3 rings (SSSR count). The zero-order valence-corrected chi connectivity index (χ0v) is 10.8. The highest BCUT2D eigenvalue weighted by Gasteiger charge is 2.07. The molecule has 0 radical (unpaired) electrons. The predicted octanol–water partition coefficient (Wildman–Crippen LogP) is 3.14. The quantitative estimate of drug-likeness (QED) is 0.638. The van der Waals surface area contributed by atoms with Gasteiger partial charge in [-0.2, -0.15) is 0 Å². The maximum absolute atomic E-state index is 13.6. The van der Waals surface area contributed by atoms with Crippen molar-refractivity contribution in [3.05, 3.63) is 52.4 Å². The van der Waals surface area contributed by atoms with Crippen molar-refractivity contribution in [3.8, 4) is 11.3 Å². The van der Waals surface area contributed by atoms with Crippen molar-refractivity contribution in [2.45, 2.75) is 0 Å². The Kier molecular flexibility index (Phi) is 2.54. The van der Waals surface area contributed by atoms with Crippen LogP contribution in [0.4, 0.5) is 4.39 Å². The molecule has 84 valence electrons. The number of halogens is 2. The normalized spacial score (nSPS) is 10.9. The van der Waals surface area contributed by atoms with Gasteiger partial charge in [-0.3, -0.25) is 9.38 Å². The Hall–Kier alpha value is -1.50. The number of fused-ring (bicyclic) bond motifs is 1. The Morgan fingerprint density at radius 1 is 1.12 bits per heavy atom. The molecular weight excluding hydrogens is 332 g/mol. The highest BCUT2D eigenvalue weighted by atomic mass is 127. The Morgan fingerprint density at radius 2 is 1.94 bits per heavy atom. The van der Waals surface area contributed by atoms with E-state index in [1.165, 1.54) is 6.07 Å². The van der Waals surface area contributed by atoms with E-state index in [0.29, 0.717) is 11.3 Å². The van der Waals surface area contributed by atoms with Crippen LogP contribution in [-0.2, 0) is 0 Å². The third-order valence-corrected chi connectivity index (χ3v) is 3.30. The maximum atomic E-state index is 13.6. The molecule has 2 heterocycles. The fraction of sp³-hybridized carbons (Fsp3) is 0. The van der Waals surface area contributed by atoms with Crippen molar-refractivity contribution in [2.24, 2.45) is 0 Å². The molecule has 0 unspecified atom stereocenters. The summed E-state index contributed by atoms with van der Waals surface area (Å²) >= 11 is 2.18. The molecule has 0 atom stereocenters.